The SMILES string of the molecule is Cn1cc(C(=O)c2csc3ccccc23)c2ccccc21. The van der Waals surface area contributed by atoms with Crippen LogP contribution < -0.4 is 0 Å². The van der Waals surface area contributed by atoms with E-state index in [9.17, 15) is 4.79 Å². The van der Waals surface area contributed by atoms with Gasteiger partial charge in [-0.3, -0.25) is 4.79 Å². The zero-order valence-corrected chi connectivity index (χ0v) is 12.4. The van der Waals surface area contributed by atoms with Crippen LogP contribution in [0.15, 0.2) is 60.1 Å². The molecular formula is C18H13NOS. The highest BCUT2D eigenvalue weighted by molar-refractivity contribution is 7.17. The van der Waals surface area contributed by atoms with E-state index >= 15 is 0 Å². The first-order valence-electron chi connectivity index (χ1n) is 6.81. The second-order valence-corrected chi connectivity index (χ2v) is 6.06. The van der Waals surface area contributed by atoms with Crippen molar-refractivity contribution < 1.29 is 4.79 Å². The fraction of sp³-hybridized carbons (Fsp3) is 0.0556. The molecule has 0 fully saturated rings. The minimum atomic E-state index is 0.101. The number of carbonyl (C=O) groups excluding carboxylic acids is 1. The lowest BCUT2D eigenvalue weighted by Gasteiger charge is -1.98. The molecule has 0 radical (unpaired) electrons. The summed E-state index contributed by atoms with van der Waals surface area (Å²) >= 11 is 1.62. The molecule has 2 aromatic heterocycles. The molecule has 0 saturated carbocycles. The quantitative estimate of drug-likeness (QED) is 0.494. The van der Waals surface area contributed by atoms with Crippen LogP contribution in [0.5, 0.6) is 0 Å². The third-order valence-electron chi connectivity index (χ3n) is 3.87. The van der Waals surface area contributed by atoms with Gasteiger partial charge in [-0.05, 0) is 12.1 Å². The number of nitrogens with zero attached hydrogens (tertiary/aromatic N) is 1. The van der Waals surface area contributed by atoms with Gasteiger partial charge in [0.15, 0.2) is 5.78 Å². The molecule has 0 aliphatic heterocycles. The Bertz CT molecular complexity index is 977. The largest absolute Gasteiger partial charge is 0.350 e. The Morgan fingerprint density at radius 1 is 0.952 bits per heavy atom. The Morgan fingerprint density at radius 2 is 1.67 bits per heavy atom. The lowest BCUT2D eigenvalue weighted by atomic mass is 10.0. The third-order valence-corrected chi connectivity index (χ3v) is 4.83. The summed E-state index contributed by atoms with van der Waals surface area (Å²) < 4.78 is 3.16. The second-order valence-electron chi connectivity index (χ2n) is 5.15. The molecule has 3 heteroatoms. The van der Waals surface area contributed by atoms with Crippen LogP contribution in [0.25, 0.3) is 21.0 Å². The van der Waals surface area contributed by atoms with Gasteiger partial charge in [0.2, 0.25) is 0 Å². The molecule has 102 valence electrons. The van der Waals surface area contributed by atoms with Crippen LogP contribution in [0.2, 0.25) is 0 Å². The minimum Gasteiger partial charge on any atom is -0.350 e. The highest BCUT2D eigenvalue weighted by atomic mass is 32.1. The standard InChI is InChI=1S/C18H13NOS/c1-19-10-14(12-6-2-4-8-16(12)19)18(20)15-11-21-17-9-5-3-7-13(15)17/h2-11H,1H3. The van der Waals surface area contributed by atoms with Crippen molar-refractivity contribution in [3.8, 4) is 0 Å². The van der Waals surface area contributed by atoms with Gasteiger partial charge in [0.1, 0.15) is 0 Å². The molecule has 2 heterocycles. The van der Waals surface area contributed by atoms with Crippen molar-refractivity contribution in [1.82, 2.24) is 4.57 Å². The zero-order valence-electron chi connectivity index (χ0n) is 11.5. The summed E-state index contributed by atoms with van der Waals surface area (Å²) in [5.74, 6) is 0.101. The summed E-state index contributed by atoms with van der Waals surface area (Å²) in [6, 6.07) is 16.1. The zero-order chi connectivity index (χ0) is 14.4. The van der Waals surface area contributed by atoms with Crippen molar-refractivity contribution in [2.24, 2.45) is 7.05 Å². The predicted octanol–water partition coefficient (Wildman–Crippen LogP) is 4.62. The average molecular weight is 291 g/mol. The Kier molecular flexibility index (Phi) is 2.69. The number of ketones is 1. The fourth-order valence-electron chi connectivity index (χ4n) is 2.82. The Labute approximate surface area is 126 Å². The number of aryl methyl sites for hydroxylation is 1. The average Bonchev–Trinajstić information content (AvgIpc) is 3.09. The van der Waals surface area contributed by atoms with Crippen LogP contribution in [-0.2, 0) is 7.05 Å². The molecule has 21 heavy (non-hydrogen) atoms. The Balaban J connectivity index is 1.95. The normalized spacial score (nSPS) is 11.3. The summed E-state index contributed by atoms with van der Waals surface area (Å²) in [5.41, 5.74) is 2.66. The van der Waals surface area contributed by atoms with Gasteiger partial charge >= 0.3 is 0 Å². The molecule has 2 nitrogen and oxygen atoms in total. The minimum absolute atomic E-state index is 0.101. The Hall–Kier alpha value is -2.39. The van der Waals surface area contributed by atoms with E-state index in [-0.39, 0.29) is 5.78 Å². The maximum atomic E-state index is 12.9. The number of carbonyl (C=O) groups is 1. The molecule has 0 atom stereocenters. The van der Waals surface area contributed by atoms with Crippen LogP contribution in [0.4, 0.5) is 0 Å². The number of hydrogen-bond donors (Lipinski definition) is 0. The first kappa shape index (κ1) is 12.4. The number of para-hydroxylation sites is 1. The number of rotatable bonds is 2. The summed E-state index contributed by atoms with van der Waals surface area (Å²) in [7, 11) is 1.98. The van der Waals surface area contributed by atoms with Crippen molar-refractivity contribution in [2.75, 3.05) is 0 Å². The van der Waals surface area contributed by atoms with E-state index in [0.717, 1.165) is 32.1 Å². The number of fused-ring (bicyclic) bond motifs is 2. The summed E-state index contributed by atoms with van der Waals surface area (Å²) in [5, 5.41) is 4.02. The molecule has 2 aromatic carbocycles. The van der Waals surface area contributed by atoms with Crippen LogP contribution in [0, 0.1) is 0 Å². The number of benzene rings is 2. The molecule has 0 aliphatic carbocycles. The predicted molar refractivity (Wildman–Crippen MR) is 88.2 cm³/mol. The maximum absolute atomic E-state index is 12.9. The molecule has 0 aliphatic rings. The van der Waals surface area contributed by atoms with Crippen LogP contribution in [0.1, 0.15) is 15.9 Å². The summed E-state index contributed by atoms with van der Waals surface area (Å²) in [6.45, 7) is 0. The highest BCUT2D eigenvalue weighted by Crippen LogP contribution is 2.30. The first-order valence-corrected chi connectivity index (χ1v) is 7.68. The van der Waals surface area contributed by atoms with Gasteiger partial charge in [0.05, 0.1) is 0 Å². The van der Waals surface area contributed by atoms with E-state index in [1.54, 1.807) is 11.3 Å². The van der Waals surface area contributed by atoms with Crippen LogP contribution in [0.3, 0.4) is 0 Å². The summed E-state index contributed by atoms with van der Waals surface area (Å²) in [6.07, 6.45) is 1.93. The van der Waals surface area contributed by atoms with Gasteiger partial charge in [-0.2, -0.15) is 0 Å². The van der Waals surface area contributed by atoms with E-state index in [1.165, 1.54) is 0 Å². The second kappa shape index (κ2) is 4.57. The third kappa shape index (κ3) is 1.82. The molecular weight excluding hydrogens is 278 g/mol. The number of thiophene rings is 1. The smallest absolute Gasteiger partial charge is 0.196 e. The van der Waals surface area contributed by atoms with Gasteiger partial charge < -0.3 is 4.57 Å². The number of aromatic nitrogens is 1. The fourth-order valence-corrected chi connectivity index (χ4v) is 3.76. The summed E-state index contributed by atoms with van der Waals surface area (Å²) in [4.78, 5) is 12.9. The van der Waals surface area contributed by atoms with E-state index in [0.29, 0.717) is 0 Å². The van der Waals surface area contributed by atoms with E-state index in [1.807, 2.05) is 65.7 Å². The number of hydrogen-bond acceptors (Lipinski definition) is 2. The Morgan fingerprint density at radius 3 is 2.52 bits per heavy atom. The van der Waals surface area contributed by atoms with Gasteiger partial charge in [-0.15, -0.1) is 11.3 Å². The first-order chi connectivity index (χ1) is 10.3. The molecule has 0 bridgehead atoms. The van der Waals surface area contributed by atoms with E-state index in [4.69, 9.17) is 0 Å². The molecule has 4 aromatic rings. The van der Waals surface area contributed by atoms with Crippen LogP contribution >= 0.6 is 11.3 Å². The van der Waals surface area contributed by atoms with Crippen molar-refractivity contribution >= 4 is 38.1 Å². The molecule has 0 spiro atoms. The van der Waals surface area contributed by atoms with Crippen molar-refractivity contribution in [1.29, 1.82) is 0 Å². The monoisotopic (exact) mass is 291 g/mol. The van der Waals surface area contributed by atoms with Gasteiger partial charge in [0, 0.05) is 50.7 Å². The topological polar surface area (TPSA) is 22.0 Å². The highest BCUT2D eigenvalue weighted by Gasteiger charge is 2.18. The van der Waals surface area contributed by atoms with Crippen LogP contribution in [-0.4, -0.2) is 10.4 Å². The lowest BCUT2D eigenvalue weighted by molar-refractivity contribution is 0.104. The van der Waals surface area contributed by atoms with Gasteiger partial charge in [-0.1, -0.05) is 36.4 Å². The molecule has 0 saturated heterocycles. The van der Waals surface area contributed by atoms with E-state index in [2.05, 4.69) is 6.07 Å². The maximum Gasteiger partial charge on any atom is 0.196 e. The van der Waals surface area contributed by atoms with Gasteiger partial charge in [-0.25, -0.2) is 0 Å². The van der Waals surface area contributed by atoms with Crippen molar-refractivity contribution in [3.63, 3.8) is 0 Å². The molecule has 0 amide bonds. The van der Waals surface area contributed by atoms with Crippen molar-refractivity contribution in [2.45, 2.75) is 0 Å². The molecule has 0 unspecified atom stereocenters. The molecule has 4 rings (SSSR count). The van der Waals surface area contributed by atoms with E-state index < -0.39 is 0 Å². The lowest BCUT2D eigenvalue weighted by Crippen LogP contribution is -1.99. The van der Waals surface area contributed by atoms with Crippen molar-refractivity contribution in [3.05, 3.63) is 71.2 Å². The van der Waals surface area contributed by atoms with Gasteiger partial charge in [0.25, 0.3) is 0 Å². The molecule has 0 N–H and O–H groups in total.